The van der Waals surface area contributed by atoms with Crippen LogP contribution in [0.25, 0.3) is 11.2 Å². The van der Waals surface area contributed by atoms with E-state index in [1.54, 1.807) is 6.20 Å². The van der Waals surface area contributed by atoms with E-state index in [9.17, 15) is 0 Å². The maximum Gasteiger partial charge on any atom is 0.160 e. The van der Waals surface area contributed by atoms with E-state index in [1.807, 2.05) is 18.2 Å². The highest BCUT2D eigenvalue weighted by atomic mass is 79.9. The topological polar surface area (TPSA) is 30.7 Å². The molecule has 0 saturated carbocycles. The summed E-state index contributed by atoms with van der Waals surface area (Å²) in [6.45, 7) is 0.701. The van der Waals surface area contributed by atoms with Crippen LogP contribution in [0, 0.1) is 0 Å². The molecule has 0 fully saturated rings. The van der Waals surface area contributed by atoms with Crippen molar-refractivity contribution in [3.05, 3.63) is 56.9 Å². The monoisotopic (exact) mass is 413 g/mol. The molecule has 0 saturated heterocycles. The van der Waals surface area contributed by atoms with E-state index < -0.39 is 0 Å². The number of imidazole rings is 1. The van der Waals surface area contributed by atoms with E-state index >= 15 is 0 Å². The van der Waals surface area contributed by atoms with Gasteiger partial charge in [-0.15, -0.1) is 11.6 Å². The molecule has 3 aromatic rings. The largest absolute Gasteiger partial charge is 0.307 e. The van der Waals surface area contributed by atoms with Gasteiger partial charge in [0.2, 0.25) is 0 Å². The van der Waals surface area contributed by atoms with Gasteiger partial charge in [0.15, 0.2) is 5.65 Å². The van der Waals surface area contributed by atoms with Gasteiger partial charge in [0.1, 0.15) is 11.3 Å². The average molecular weight is 416 g/mol. The van der Waals surface area contributed by atoms with Gasteiger partial charge in [0.05, 0.1) is 12.4 Å². The second kappa shape index (κ2) is 5.84. The average Bonchev–Trinajstić information content (AvgIpc) is 2.76. The molecule has 0 atom stereocenters. The van der Waals surface area contributed by atoms with E-state index in [4.69, 9.17) is 11.6 Å². The van der Waals surface area contributed by atoms with Crippen LogP contribution in [0.15, 0.2) is 45.5 Å². The Morgan fingerprint density at radius 2 is 2.00 bits per heavy atom. The van der Waals surface area contributed by atoms with Crippen molar-refractivity contribution in [2.75, 3.05) is 0 Å². The van der Waals surface area contributed by atoms with Crippen molar-refractivity contribution in [2.24, 2.45) is 0 Å². The second-order valence-electron chi connectivity index (χ2n) is 4.37. The molecule has 2 heterocycles. The first-order valence-corrected chi connectivity index (χ1v) is 8.10. The minimum absolute atomic E-state index is 0.363. The number of hydrogen-bond acceptors (Lipinski definition) is 2. The number of rotatable bonds is 3. The number of nitrogens with zero attached hydrogens (tertiary/aromatic N) is 3. The molecule has 6 heteroatoms. The summed E-state index contributed by atoms with van der Waals surface area (Å²) in [4.78, 5) is 8.99. The number of alkyl halides is 1. The summed E-state index contributed by atoms with van der Waals surface area (Å²) in [5, 5.41) is 0. The van der Waals surface area contributed by atoms with Gasteiger partial charge in [0.25, 0.3) is 0 Å². The fraction of sp³-hybridized carbons (Fsp3) is 0.143. The minimum Gasteiger partial charge on any atom is -0.307 e. The number of aromatic nitrogens is 3. The third-order valence-corrected chi connectivity index (χ3v) is 4.15. The van der Waals surface area contributed by atoms with Crippen molar-refractivity contribution < 1.29 is 0 Å². The zero-order valence-corrected chi connectivity index (χ0v) is 14.3. The summed E-state index contributed by atoms with van der Waals surface area (Å²) >= 11 is 12.9. The van der Waals surface area contributed by atoms with E-state index in [-0.39, 0.29) is 0 Å². The Labute approximate surface area is 138 Å². The van der Waals surface area contributed by atoms with Crippen LogP contribution in [0.4, 0.5) is 0 Å². The lowest BCUT2D eigenvalue weighted by molar-refractivity contribution is 0.770. The van der Waals surface area contributed by atoms with Crippen LogP contribution in [0.1, 0.15) is 11.4 Å². The standard InChI is InChI=1S/C14H10Br2ClN3/c15-10-3-1-2-9(4-10)8-20-13(6-17)19-12-5-11(16)7-18-14(12)20/h1-5,7H,6,8H2. The zero-order chi connectivity index (χ0) is 14.1. The lowest BCUT2D eigenvalue weighted by Gasteiger charge is -2.07. The molecular weight excluding hydrogens is 405 g/mol. The summed E-state index contributed by atoms with van der Waals surface area (Å²) in [6.07, 6.45) is 1.78. The zero-order valence-electron chi connectivity index (χ0n) is 10.4. The fourth-order valence-corrected chi connectivity index (χ4v) is 3.09. The molecule has 0 unspecified atom stereocenters. The summed E-state index contributed by atoms with van der Waals surface area (Å²) in [6, 6.07) is 10.1. The van der Waals surface area contributed by atoms with Crippen LogP contribution in [0.3, 0.4) is 0 Å². The molecule has 20 heavy (non-hydrogen) atoms. The number of fused-ring (bicyclic) bond motifs is 1. The highest BCUT2D eigenvalue weighted by molar-refractivity contribution is 9.10. The molecule has 1 aromatic carbocycles. The van der Waals surface area contributed by atoms with E-state index in [0.717, 1.165) is 25.9 Å². The number of pyridine rings is 1. The summed E-state index contributed by atoms with van der Waals surface area (Å²) in [5.74, 6) is 1.19. The van der Waals surface area contributed by atoms with Gasteiger partial charge in [-0.05, 0) is 39.7 Å². The van der Waals surface area contributed by atoms with Crippen molar-refractivity contribution in [3.8, 4) is 0 Å². The van der Waals surface area contributed by atoms with Crippen LogP contribution in [-0.2, 0) is 12.4 Å². The molecule has 3 nitrogen and oxygen atoms in total. The van der Waals surface area contributed by atoms with Crippen LogP contribution >= 0.6 is 43.5 Å². The molecule has 0 aliphatic heterocycles. The Kier molecular flexibility index (Phi) is 4.10. The molecule has 0 radical (unpaired) electrons. The maximum atomic E-state index is 6.01. The fourth-order valence-electron chi connectivity index (χ4n) is 2.12. The Morgan fingerprint density at radius 3 is 2.75 bits per heavy atom. The van der Waals surface area contributed by atoms with Gasteiger partial charge in [0, 0.05) is 15.1 Å². The van der Waals surface area contributed by atoms with E-state index in [0.29, 0.717) is 12.4 Å². The van der Waals surface area contributed by atoms with E-state index in [2.05, 4.69) is 58.5 Å². The normalized spacial score (nSPS) is 11.2. The first kappa shape index (κ1) is 14.0. The van der Waals surface area contributed by atoms with Gasteiger partial charge < -0.3 is 4.57 Å². The Balaban J connectivity index is 2.10. The predicted molar refractivity (Wildman–Crippen MR) is 88.0 cm³/mol. The molecule has 2 aromatic heterocycles. The molecule has 102 valence electrons. The molecule has 0 aliphatic rings. The molecule has 0 amide bonds. The highest BCUT2D eigenvalue weighted by Crippen LogP contribution is 2.21. The summed E-state index contributed by atoms with van der Waals surface area (Å²) in [7, 11) is 0. The Morgan fingerprint density at radius 1 is 1.15 bits per heavy atom. The lowest BCUT2D eigenvalue weighted by Crippen LogP contribution is -2.04. The first-order chi connectivity index (χ1) is 9.67. The molecule has 0 aliphatic carbocycles. The smallest absolute Gasteiger partial charge is 0.160 e. The van der Waals surface area contributed by atoms with Gasteiger partial charge in [-0.1, -0.05) is 28.1 Å². The van der Waals surface area contributed by atoms with E-state index in [1.165, 1.54) is 5.56 Å². The molecular formula is C14H10Br2ClN3. The SMILES string of the molecule is ClCc1nc2cc(Br)cnc2n1Cc1cccc(Br)c1. The third-order valence-electron chi connectivity index (χ3n) is 2.98. The van der Waals surface area contributed by atoms with Crippen molar-refractivity contribution in [1.29, 1.82) is 0 Å². The van der Waals surface area contributed by atoms with Crippen LogP contribution in [0.5, 0.6) is 0 Å². The van der Waals surface area contributed by atoms with Crippen molar-refractivity contribution in [3.63, 3.8) is 0 Å². The third kappa shape index (κ3) is 2.75. The van der Waals surface area contributed by atoms with Gasteiger partial charge in [-0.3, -0.25) is 0 Å². The molecule has 0 N–H and O–H groups in total. The van der Waals surface area contributed by atoms with Crippen molar-refractivity contribution >= 4 is 54.6 Å². The minimum atomic E-state index is 0.363. The molecule has 0 bridgehead atoms. The molecule has 0 spiro atoms. The van der Waals surface area contributed by atoms with Gasteiger partial charge in [-0.25, -0.2) is 9.97 Å². The van der Waals surface area contributed by atoms with Crippen LogP contribution in [-0.4, -0.2) is 14.5 Å². The maximum absolute atomic E-state index is 6.01. The van der Waals surface area contributed by atoms with Crippen LogP contribution in [0.2, 0.25) is 0 Å². The summed E-state index contributed by atoms with van der Waals surface area (Å²) < 4.78 is 4.03. The van der Waals surface area contributed by atoms with Gasteiger partial charge in [-0.2, -0.15) is 0 Å². The number of hydrogen-bond donors (Lipinski definition) is 0. The van der Waals surface area contributed by atoms with Crippen LogP contribution < -0.4 is 0 Å². The lowest BCUT2D eigenvalue weighted by atomic mass is 10.2. The Hall–Kier alpha value is -0.910. The van der Waals surface area contributed by atoms with Crippen molar-refractivity contribution in [2.45, 2.75) is 12.4 Å². The highest BCUT2D eigenvalue weighted by Gasteiger charge is 2.12. The number of halogens is 3. The van der Waals surface area contributed by atoms with Crippen molar-refractivity contribution in [1.82, 2.24) is 14.5 Å². The number of benzene rings is 1. The van der Waals surface area contributed by atoms with Gasteiger partial charge >= 0.3 is 0 Å². The first-order valence-electron chi connectivity index (χ1n) is 5.98. The Bertz CT molecular complexity index is 770. The quantitative estimate of drug-likeness (QED) is 0.579. The summed E-state index contributed by atoms with van der Waals surface area (Å²) in [5.41, 5.74) is 2.88. The predicted octanol–water partition coefficient (Wildman–Crippen LogP) is 4.74. The molecule has 3 rings (SSSR count). The second-order valence-corrected chi connectivity index (χ2v) is 6.47.